The molecule has 0 unspecified atom stereocenters. The molecular weight excluding hydrogens is 116 g/mol. The van der Waals surface area contributed by atoms with Gasteiger partial charge in [0.2, 0.25) is 0 Å². The zero-order chi connectivity index (χ0) is 6.69. The Hall–Kier alpha value is -0.790. The molecule has 1 aliphatic carbocycles. The van der Waals surface area contributed by atoms with Crippen LogP contribution in [0, 0.1) is 13.0 Å². The maximum atomic E-state index is 10.7. The number of esters is 1. The van der Waals surface area contributed by atoms with Crippen molar-refractivity contribution in [3.63, 3.8) is 0 Å². The third-order valence-corrected chi connectivity index (χ3v) is 1.48. The van der Waals surface area contributed by atoms with Gasteiger partial charge in [0.15, 0.2) is 0 Å². The fraction of sp³-hybridized carbons (Fsp3) is 0.429. The summed E-state index contributed by atoms with van der Waals surface area (Å²) in [5.41, 5.74) is 0. The van der Waals surface area contributed by atoms with Crippen molar-refractivity contribution in [2.75, 3.05) is 0 Å². The summed E-state index contributed by atoms with van der Waals surface area (Å²) in [7, 11) is 3.05. The Morgan fingerprint density at radius 1 is 1.56 bits per heavy atom. The van der Waals surface area contributed by atoms with Crippen LogP contribution < -0.4 is 0 Å². The number of carbonyl (C=O) groups excluding carboxylic acids is 1. The van der Waals surface area contributed by atoms with Crippen molar-refractivity contribution < 1.29 is 9.53 Å². The molecule has 2 nitrogen and oxygen atoms in total. The summed E-state index contributed by atoms with van der Waals surface area (Å²) in [5, 5.41) is 0. The van der Waals surface area contributed by atoms with Gasteiger partial charge in [-0.15, -0.1) is 0 Å². The first-order valence-electron chi connectivity index (χ1n) is 2.95. The molecule has 1 aliphatic rings. The maximum Gasteiger partial charge on any atom is 0.309 e. The van der Waals surface area contributed by atoms with Crippen molar-refractivity contribution in [1.82, 2.24) is 0 Å². The molecule has 0 aromatic rings. The molecule has 0 aromatic heterocycles. The Balaban J connectivity index is 2.36. The number of hydrogen-bond acceptors (Lipinski definition) is 2. The molecule has 0 N–H and O–H groups in total. The lowest BCUT2D eigenvalue weighted by Gasteiger charge is -2.03. The minimum Gasteiger partial charge on any atom is -0.462 e. The third-order valence-electron chi connectivity index (χ3n) is 1.48. The van der Waals surface area contributed by atoms with E-state index in [-0.39, 0.29) is 11.9 Å². The molecule has 9 heavy (non-hydrogen) atoms. The fourth-order valence-electron chi connectivity index (χ4n) is 0.928. The molecule has 0 atom stereocenters. The van der Waals surface area contributed by atoms with E-state index in [0.717, 1.165) is 12.8 Å². The predicted octanol–water partition coefficient (Wildman–Crippen LogP) is 1.29. The van der Waals surface area contributed by atoms with Gasteiger partial charge in [-0.25, -0.2) is 0 Å². The van der Waals surface area contributed by atoms with Crippen LogP contribution in [0.1, 0.15) is 12.8 Å². The quantitative estimate of drug-likeness (QED) is 0.390. The summed E-state index contributed by atoms with van der Waals surface area (Å²) in [6.45, 7) is 0. The number of hydrogen-bond donors (Lipinski definition) is 0. The third kappa shape index (κ3) is 1.31. The zero-order valence-corrected chi connectivity index (χ0v) is 5.17. The highest BCUT2D eigenvalue weighted by Crippen LogP contribution is 2.18. The lowest BCUT2D eigenvalue weighted by atomic mass is 10.1. The molecule has 0 fully saturated rings. The van der Waals surface area contributed by atoms with E-state index in [9.17, 15) is 4.79 Å². The summed E-state index contributed by atoms with van der Waals surface area (Å²) >= 11 is 0. The Morgan fingerprint density at radius 2 is 2.11 bits per heavy atom. The van der Waals surface area contributed by atoms with Gasteiger partial charge in [-0.05, 0) is 12.8 Å². The second-order valence-electron chi connectivity index (χ2n) is 2.10. The molecule has 0 aromatic carbocycles. The van der Waals surface area contributed by atoms with Gasteiger partial charge in [0, 0.05) is 0 Å². The lowest BCUT2D eigenvalue weighted by molar-refractivity contribution is -0.142. The van der Waals surface area contributed by atoms with Gasteiger partial charge in [0.05, 0.1) is 5.92 Å². The van der Waals surface area contributed by atoms with Crippen LogP contribution in [0.2, 0.25) is 0 Å². The van der Waals surface area contributed by atoms with E-state index < -0.39 is 0 Å². The average Bonchev–Trinajstić information content (AvgIpc) is 2.37. The molecule has 0 aliphatic heterocycles. The van der Waals surface area contributed by atoms with Crippen molar-refractivity contribution in [2.24, 2.45) is 5.92 Å². The number of carbonyl (C=O) groups is 1. The molecule has 2 heteroatoms. The van der Waals surface area contributed by atoms with E-state index >= 15 is 0 Å². The van der Waals surface area contributed by atoms with E-state index in [0.29, 0.717) is 0 Å². The van der Waals surface area contributed by atoms with E-state index in [1.54, 1.807) is 0 Å². The molecule has 1 rings (SSSR count). The summed E-state index contributed by atoms with van der Waals surface area (Å²) < 4.78 is 4.31. The van der Waals surface area contributed by atoms with Gasteiger partial charge in [-0.2, -0.15) is 0 Å². The van der Waals surface area contributed by atoms with Crippen molar-refractivity contribution in [3.05, 3.63) is 19.3 Å². The van der Waals surface area contributed by atoms with E-state index in [2.05, 4.69) is 11.8 Å². The predicted molar refractivity (Wildman–Crippen MR) is 33.3 cm³/mol. The van der Waals surface area contributed by atoms with Crippen molar-refractivity contribution in [1.29, 1.82) is 0 Å². The van der Waals surface area contributed by atoms with Crippen LogP contribution in [-0.4, -0.2) is 5.97 Å². The van der Waals surface area contributed by atoms with Crippen LogP contribution in [-0.2, 0) is 9.53 Å². The molecular formula is C7H9O2. The Bertz CT molecular complexity index is 130. The van der Waals surface area contributed by atoms with Crippen LogP contribution in [0.15, 0.2) is 12.2 Å². The van der Waals surface area contributed by atoms with E-state index in [1.807, 2.05) is 12.2 Å². The van der Waals surface area contributed by atoms with Crippen LogP contribution in [0.4, 0.5) is 0 Å². The van der Waals surface area contributed by atoms with Crippen LogP contribution >= 0.6 is 0 Å². The van der Waals surface area contributed by atoms with Crippen LogP contribution in [0.5, 0.6) is 0 Å². The molecule has 1 radical (unpaired) electrons. The second kappa shape index (κ2) is 2.67. The van der Waals surface area contributed by atoms with Gasteiger partial charge < -0.3 is 4.74 Å². The highest BCUT2D eigenvalue weighted by atomic mass is 16.5. The molecule has 0 amide bonds. The summed E-state index contributed by atoms with van der Waals surface area (Å²) in [6.07, 6.45) is 5.60. The van der Waals surface area contributed by atoms with Gasteiger partial charge in [0.25, 0.3) is 0 Å². The van der Waals surface area contributed by atoms with E-state index in [1.165, 1.54) is 0 Å². The summed E-state index contributed by atoms with van der Waals surface area (Å²) in [4.78, 5) is 10.7. The molecule has 49 valence electrons. The molecule has 0 bridgehead atoms. The second-order valence-corrected chi connectivity index (χ2v) is 2.10. The van der Waals surface area contributed by atoms with Crippen molar-refractivity contribution in [2.45, 2.75) is 12.8 Å². The normalized spacial score (nSPS) is 18.3. The Labute approximate surface area is 54.5 Å². The first kappa shape index (κ1) is 6.33. The topological polar surface area (TPSA) is 26.3 Å². The standard InChI is InChI=1S/C7H9O2/c1-9-7(8)6-4-2-3-5-6/h2-3,6H,1,4-5H2. The van der Waals surface area contributed by atoms with Crippen LogP contribution in [0.3, 0.4) is 0 Å². The Kier molecular flexibility index (Phi) is 1.88. The van der Waals surface area contributed by atoms with Gasteiger partial charge in [0.1, 0.15) is 7.11 Å². The van der Waals surface area contributed by atoms with Gasteiger partial charge >= 0.3 is 5.97 Å². The highest BCUT2D eigenvalue weighted by molar-refractivity contribution is 5.73. The molecule has 0 heterocycles. The number of allylic oxidation sites excluding steroid dienone is 2. The first-order valence-corrected chi connectivity index (χ1v) is 2.95. The number of rotatable bonds is 1. The average molecular weight is 125 g/mol. The molecule has 0 saturated heterocycles. The van der Waals surface area contributed by atoms with Gasteiger partial charge in [-0.3, -0.25) is 4.79 Å². The first-order chi connectivity index (χ1) is 4.34. The Morgan fingerprint density at radius 3 is 2.56 bits per heavy atom. The van der Waals surface area contributed by atoms with E-state index in [4.69, 9.17) is 0 Å². The van der Waals surface area contributed by atoms with Crippen molar-refractivity contribution in [3.8, 4) is 0 Å². The fourth-order valence-corrected chi connectivity index (χ4v) is 0.928. The SMILES string of the molecule is [CH2]OC(=O)C1CC=CC1. The molecule has 0 spiro atoms. The largest absolute Gasteiger partial charge is 0.462 e. The number of ether oxygens (including phenoxy) is 1. The monoisotopic (exact) mass is 125 g/mol. The minimum atomic E-state index is -0.194. The summed E-state index contributed by atoms with van der Waals surface area (Å²) in [5.74, 6) is -0.150. The van der Waals surface area contributed by atoms with Crippen molar-refractivity contribution >= 4 is 5.97 Å². The minimum absolute atomic E-state index is 0.0440. The molecule has 0 saturated carbocycles. The lowest BCUT2D eigenvalue weighted by Crippen LogP contribution is -2.11. The zero-order valence-electron chi connectivity index (χ0n) is 5.17. The summed E-state index contributed by atoms with van der Waals surface area (Å²) in [6, 6.07) is 0. The van der Waals surface area contributed by atoms with Gasteiger partial charge in [-0.1, -0.05) is 12.2 Å². The van der Waals surface area contributed by atoms with Crippen LogP contribution in [0.25, 0.3) is 0 Å². The smallest absolute Gasteiger partial charge is 0.309 e. The maximum absolute atomic E-state index is 10.7. The highest BCUT2D eigenvalue weighted by Gasteiger charge is 2.18.